The second-order valence-corrected chi connectivity index (χ2v) is 8.12. The van der Waals surface area contributed by atoms with Crippen molar-refractivity contribution in [2.75, 3.05) is 21.3 Å². The van der Waals surface area contributed by atoms with E-state index in [0.717, 1.165) is 11.1 Å². The Morgan fingerprint density at radius 2 is 1.91 bits per heavy atom. The first-order valence-electron chi connectivity index (χ1n) is 10.5. The number of carbonyl (C=O) groups excluding carboxylic acids is 1. The Balaban J connectivity index is 1.67. The first-order chi connectivity index (χ1) is 15.8. The van der Waals surface area contributed by atoms with Crippen LogP contribution >= 0.6 is 12.2 Å². The van der Waals surface area contributed by atoms with Crippen LogP contribution in [0.3, 0.4) is 0 Å². The molecule has 1 N–H and O–H groups in total. The number of benzene rings is 2. The molecule has 0 amide bonds. The Labute approximate surface area is 198 Å². The fraction of sp³-hybridized carbons (Fsp3) is 0.360. The molecule has 2 aromatic rings. The molecule has 2 aromatic carbocycles. The van der Waals surface area contributed by atoms with E-state index in [4.69, 9.17) is 35.9 Å². The fourth-order valence-corrected chi connectivity index (χ4v) is 3.93. The molecule has 0 unspecified atom stereocenters. The molecule has 0 atom stereocenters. The first-order valence-corrected chi connectivity index (χ1v) is 10.9. The van der Waals surface area contributed by atoms with E-state index < -0.39 is 5.97 Å². The Morgan fingerprint density at radius 3 is 2.58 bits per heavy atom. The zero-order chi connectivity index (χ0) is 24.1. The Morgan fingerprint density at radius 1 is 1.15 bits per heavy atom. The van der Waals surface area contributed by atoms with E-state index in [1.54, 1.807) is 39.5 Å². The van der Waals surface area contributed by atoms with Gasteiger partial charge in [0, 0.05) is 23.6 Å². The summed E-state index contributed by atoms with van der Waals surface area (Å²) in [5.74, 6) is 1.71. The van der Waals surface area contributed by atoms with Crippen LogP contribution in [0.25, 0.3) is 0 Å². The van der Waals surface area contributed by atoms with Gasteiger partial charge >= 0.3 is 5.97 Å². The van der Waals surface area contributed by atoms with Crippen molar-refractivity contribution in [2.24, 2.45) is 0 Å². The highest BCUT2D eigenvalue weighted by Crippen LogP contribution is 2.42. The summed E-state index contributed by atoms with van der Waals surface area (Å²) in [6, 6.07) is 5.26. The Hall–Kier alpha value is -3.26. The van der Waals surface area contributed by atoms with Crippen LogP contribution in [0.1, 0.15) is 46.8 Å². The minimum absolute atomic E-state index is 0.0792. The van der Waals surface area contributed by atoms with Gasteiger partial charge < -0.3 is 28.8 Å². The zero-order valence-electron chi connectivity index (χ0n) is 19.4. The molecular weight excluding hydrogens is 444 g/mol. The first kappa shape index (κ1) is 24.4. The van der Waals surface area contributed by atoms with Crippen LogP contribution in [0, 0.1) is 6.92 Å². The van der Waals surface area contributed by atoms with Gasteiger partial charge in [-0.05, 0) is 56.6 Å². The van der Waals surface area contributed by atoms with E-state index in [2.05, 4.69) is 0 Å². The maximum absolute atomic E-state index is 12.1. The minimum atomic E-state index is -0.508. The molecule has 1 heterocycles. The highest BCUT2D eigenvalue weighted by Gasteiger charge is 2.31. The van der Waals surface area contributed by atoms with E-state index in [9.17, 15) is 9.90 Å². The number of phenolic OH excluding ortho intramolecular Hbond substituents is 1. The van der Waals surface area contributed by atoms with Gasteiger partial charge in [-0.3, -0.25) is 0 Å². The van der Waals surface area contributed by atoms with Gasteiger partial charge in [0.15, 0.2) is 16.5 Å². The summed E-state index contributed by atoms with van der Waals surface area (Å²) in [4.78, 5) is 12.1. The Kier molecular flexibility index (Phi) is 7.81. The number of rotatable bonds is 9. The maximum atomic E-state index is 12.1. The van der Waals surface area contributed by atoms with Crippen LogP contribution in [0.4, 0.5) is 0 Å². The van der Waals surface area contributed by atoms with Gasteiger partial charge in [-0.15, -0.1) is 0 Å². The predicted octanol–water partition coefficient (Wildman–Crippen LogP) is 5.07. The monoisotopic (exact) mass is 472 g/mol. The van der Waals surface area contributed by atoms with Gasteiger partial charge in [-0.1, -0.05) is 11.6 Å². The van der Waals surface area contributed by atoms with Gasteiger partial charge in [0.25, 0.3) is 0 Å². The SMILES string of the molecule is COc1ccc(OC(=S)CC/C(C)=C/Cc2c(O)c3c(c(C)c2OC)COC3=O)c(OC)c1. The van der Waals surface area contributed by atoms with Crippen molar-refractivity contribution < 1.29 is 33.6 Å². The largest absolute Gasteiger partial charge is 0.507 e. The van der Waals surface area contributed by atoms with E-state index in [-0.39, 0.29) is 17.9 Å². The van der Waals surface area contributed by atoms with Crippen molar-refractivity contribution in [1.29, 1.82) is 0 Å². The number of carbonyl (C=O) groups is 1. The summed E-state index contributed by atoms with van der Waals surface area (Å²) in [6.45, 7) is 3.99. The molecule has 0 aromatic heterocycles. The van der Waals surface area contributed by atoms with E-state index in [0.29, 0.717) is 58.4 Å². The minimum Gasteiger partial charge on any atom is -0.507 e. The highest BCUT2D eigenvalue weighted by atomic mass is 32.1. The Bertz CT molecular complexity index is 1100. The van der Waals surface area contributed by atoms with Gasteiger partial charge in [-0.25, -0.2) is 4.79 Å². The molecule has 0 aliphatic carbocycles. The van der Waals surface area contributed by atoms with Crippen molar-refractivity contribution in [3.05, 3.63) is 52.1 Å². The molecule has 0 fully saturated rings. The maximum Gasteiger partial charge on any atom is 0.342 e. The van der Waals surface area contributed by atoms with Crippen LogP contribution in [0.5, 0.6) is 28.7 Å². The molecule has 33 heavy (non-hydrogen) atoms. The number of cyclic esters (lactones) is 1. The third-order valence-corrected chi connectivity index (χ3v) is 5.91. The number of allylic oxidation sites excluding steroid dienone is 2. The predicted molar refractivity (Wildman–Crippen MR) is 128 cm³/mol. The molecule has 7 nitrogen and oxygen atoms in total. The summed E-state index contributed by atoms with van der Waals surface area (Å²) in [6.07, 6.45) is 3.60. The molecule has 1 aliphatic heterocycles. The number of esters is 1. The van der Waals surface area contributed by atoms with Crippen molar-refractivity contribution in [1.82, 2.24) is 0 Å². The third kappa shape index (κ3) is 5.22. The van der Waals surface area contributed by atoms with Gasteiger partial charge in [-0.2, -0.15) is 0 Å². The van der Waals surface area contributed by atoms with Gasteiger partial charge in [0.05, 0.1) is 21.3 Å². The number of hydrogen-bond donors (Lipinski definition) is 1. The van der Waals surface area contributed by atoms with E-state index in [1.807, 2.05) is 19.9 Å². The number of hydrogen-bond acceptors (Lipinski definition) is 8. The normalized spacial score (nSPS) is 12.8. The molecule has 0 bridgehead atoms. The molecule has 8 heteroatoms. The van der Waals surface area contributed by atoms with Crippen LogP contribution in [0.15, 0.2) is 29.8 Å². The number of fused-ring (bicyclic) bond motifs is 1. The topological polar surface area (TPSA) is 83.5 Å². The standard InChI is InChI=1S/C25H28O7S/c1-14(7-11-21(33)32-19-10-8-16(28-3)12-20(19)29-4)6-9-17-23(26)22-18(13-31-25(22)27)15(2)24(17)30-5/h6,8,10,12,26H,7,9,11,13H2,1-5H3/b14-6+. The molecule has 0 saturated carbocycles. The third-order valence-electron chi connectivity index (χ3n) is 5.62. The van der Waals surface area contributed by atoms with Crippen LogP contribution in [-0.2, 0) is 17.8 Å². The molecule has 176 valence electrons. The fourth-order valence-electron chi connectivity index (χ4n) is 3.74. The molecule has 1 aliphatic rings. The molecule has 0 spiro atoms. The second-order valence-electron chi connectivity index (χ2n) is 7.66. The van der Waals surface area contributed by atoms with E-state index >= 15 is 0 Å². The average Bonchev–Trinajstić information content (AvgIpc) is 3.21. The van der Waals surface area contributed by atoms with Crippen LogP contribution < -0.4 is 18.9 Å². The number of ether oxygens (including phenoxy) is 5. The summed E-state index contributed by atoms with van der Waals surface area (Å²) >= 11 is 5.40. The lowest BCUT2D eigenvalue weighted by molar-refractivity contribution is 0.0533. The summed E-state index contributed by atoms with van der Waals surface area (Å²) in [5.41, 5.74) is 3.34. The van der Waals surface area contributed by atoms with Crippen molar-refractivity contribution in [2.45, 2.75) is 39.7 Å². The zero-order valence-corrected chi connectivity index (χ0v) is 20.3. The lowest BCUT2D eigenvalue weighted by atomic mass is 9.94. The summed E-state index contributed by atoms with van der Waals surface area (Å²) < 4.78 is 27.0. The van der Waals surface area contributed by atoms with Crippen molar-refractivity contribution >= 4 is 23.2 Å². The van der Waals surface area contributed by atoms with Crippen molar-refractivity contribution in [3.8, 4) is 28.7 Å². The van der Waals surface area contributed by atoms with Gasteiger partial charge in [0.1, 0.15) is 29.4 Å². The quantitative estimate of drug-likeness (QED) is 0.308. The van der Waals surface area contributed by atoms with E-state index in [1.165, 1.54) is 0 Å². The highest BCUT2D eigenvalue weighted by molar-refractivity contribution is 7.80. The lowest BCUT2D eigenvalue weighted by Gasteiger charge is -2.16. The second kappa shape index (κ2) is 10.6. The molecular formula is C25H28O7S. The molecule has 3 rings (SSSR count). The molecule has 0 radical (unpaired) electrons. The summed E-state index contributed by atoms with van der Waals surface area (Å²) in [7, 11) is 4.69. The number of methoxy groups -OCH3 is 3. The lowest BCUT2D eigenvalue weighted by Crippen LogP contribution is -2.06. The van der Waals surface area contributed by atoms with Crippen LogP contribution in [0.2, 0.25) is 0 Å². The number of phenols is 1. The van der Waals surface area contributed by atoms with Crippen LogP contribution in [-0.4, -0.2) is 37.5 Å². The number of aromatic hydroxyl groups is 1. The number of thiocarbonyl (C=S) groups is 1. The summed E-state index contributed by atoms with van der Waals surface area (Å²) in [5, 5.41) is 11.2. The van der Waals surface area contributed by atoms with Crippen molar-refractivity contribution in [3.63, 3.8) is 0 Å². The molecule has 0 saturated heterocycles. The van der Waals surface area contributed by atoms with Gasteiger partial charge in [0.2, 0.25) is 0 Å². The smallest absolute Gasteiger partial charge is 0.342 e. The average molecular weight is 473 g/mol.